The second-order valence-electron chi connectivity index (χ2n) is 7.17. The van der Waals surface area contributed by atoms with Gasteiger partial charge in [-0.3, -0.25) is 4.79 Å². The van der Waals surface area contributed by atoms with Gasteiger partial charge in [0.2, 0.25) is 11.0 Å². The zero-order valence-electron chi connectivity index (χ0n) is 14.9. The first-order valence-corrected chi connectivity index (χ1v) is 11.1. The van der Waals surface area contributed by atoms with E-state index in [1.165, 1.54) is 43.0 Å². The standard InChI is InChI=1S/C19H24N4OS2/c1-13(15-7-8-15)23(11-14-5-3-2-4-6-14)17(24)12-25-19-22-21-18(26-19)20-16-9-10-16/h2-6,13,15-16H,7-12H2,1H3,(H,20,21). The molecule has 1 unspecified atom stereocenters. The van der Waals surface area contributed by atoms with Crippen molar-refractivity contribution in [2.45, 2.75) is 55.6 Å². The highest BCUT2D eigenvalue weighted by Gasteiger charge is 2.34. The Morgan fingerprint density at radius 1 is 1.27 bits per heavy atom. The highest BCUT2D eigenvalue weighted by Crippen LogP contribution is 2.36. The third kappa shape index (κ3) is 4.76. The molecule has 1 aromatic carbocycles. The zero-order valence-corrected chi connectivity index (χ0v) is 16.6. The molecule has 1 atom stereocenters. The van der Waals surface area contributed by atoms with Crippen molar-refractivity contribution in [3.05, 3.63) is 35.9 Å². The molecule has 1 amide bonds. The molecular weight excluding hydrogens is 364 g/mol. The molecule has 26 heavy (non-hydrogen) atoms. The van der Waals surface area contributed by atoms with Gasteiger partial charge in [-0.05, 0) is 44.1 Å². The van der Waals surface area contributed by atoms with E-state index >= 15 is 0 Å². The molecule has 1 N–H and O–H groups in total. The third-order valence-corrected chi connectivity index (χ3v) is 6.92. The highest BCUT2D eigenvalue weighted by molar-refractivity contribution is 8.01. The van der Waals surface area contributed by atoms with E-state index in [1.807, 2.05) is 23.1 Å². The Balaban J connectivity index is 1.36. The van der Waals surface area contributed by atoms with Crippen LogP contribution in [0.5, 0.6) is 0 Å². The van der Waals surface area contributed by atoms with Crippen LogP contribution in [0.3, 0.4) is 0 Å². The summed E-state index contributed by atoms with van der Waals surface area (Å²) >= 11 is 3.04. The molecular formula is C19H24N4OS2. The minimum Gasteiger partial charge on any atom is -0.357 e. The smallest absolute Gasteiger partial charge is 0.233 e. The zero-order chi connectivity index (χ0) is 17.9. The van der Waals surface area contributed by atoms with E-state index in [9.17, 15) is 4.79 Å². The van der Waals surface area contributed by atoms with Crippen LogP contribution in [0.4, 0.5) is 5.13 Å². The van der Waals surface area contributed by atoms with Crippen molar-refractivity contribution in [2.75, 3.05) is 11.1 Å². The van der Waals surface area contributed by atoms with Gasteiger partial charge in [-0.15, -0.1) is 10.2 Å². The van der Waals surface area contributed by atoms with Gasteiger partial charge < -0.3 is 10.2 Å². The Bertz CT molecular complexity index is 743. The van der Waals surface area contributed by atoms with E-state index in [2.05, 4.69) is 34.6 Å². The molecule has 2 aliphatic carbocycles. The Kier molecular flexibility index (Phi) is 5.45. The Morgan fingerprint density at radius 2 is 2.04 bits per heavy atom. The minimum absolute atomic E-state index is 0.185. The summed E-state index contributed by atoms with van der Waals surface area (Å²) in [6.45, 7) is 2.87. The van der Waals surface area contributed by atoms with Crippen LogP contribution in [-0.4, -0.2) is 38.8 Å². The van der Waals surface area contributed by atoms with Crippen LogP contribution < -0.4 is 5.32 Å². The average molecular weight is 389 g/mol. The average Bonchev–Trinajstić information content (AvgIpc) is 3.57. The number of aromatic nitrogens is 2. The fraction of sp³-hybridized carbons (Fsp3) is 0.526. The fourth-order valence-electron chi connectivity index (χ4n) is 3.01. The van der Waals surface area contributed by atoms with E-state index in [0.717, 1.165) is 9.47 Å². The van der Waals surface area contributed by atoms with Gasteiger partial charge in [0.25, 0.3) is 0 Å². The van der Waals surface area contributed by atoms with Gasteiger partial charge in [-0.25, -0.2) is 0 Å². The van der Waals surface area contributed by atoms with Crippen molar-refractivity contribution < 1.29 is 4.79 Å². The molecule has 0 aliphatic heterocycles. The maximum Gasteiger partial charge on any atom is 0.233 e. The van der Waals surface area contributed by atoms with Gasteiger partial charge in [-0.2, -0.15) is 0 Å². The number of benzene rings is 1. The van der Waals surface area contributed by atoms with E-state index in [0.29, 0.717) is 30.3 Å². The predicted octanol–water partition coefficient (Wildman–Crippen LogP) is 4.03. The molecule has 138 valence electrons. The number of carbonyl (C=O) groups is 1. The second-order valence-corrected chi connectivity index (χ2v) is 9.37. The third-order valence-electron chi connectivity index (χ3n) is 4.94. The molecule has 0 spiro atoms. The lowest BCUT2D eigenvalue weighted by Gasteiger charge is -2.29. The van der Waals surface area contributed by atoms with Crippen molar-refractivity contribution in [1.82, 2.24) is 15.1 Å². The Hall–Kier alpha value is -1.60. The summed E-state index contributed by atoms with van der Waals surface area (Å²) in [6.07, 6.45) is 4.90. The molecule has 1 aromatic heterocycles. The molecule has 5 nitrogen and oxygen atoms in total. The first kappa shape index (κ1) is 17.8. The SMILES string of the molecule is CC(C1CC1)N(Cc1ccccc1)C(=O)CSc1nnc(NC2CC2)s1. The number of nitrogens with one attached hydrogen (secondary N) is 1. The monoisotopic (exact) mass is 388 g/mol. The highest BCUT2D eigenvalue weighted by atomic mass is 32.2. The number of anilines is 1. The van der Waals surface area contributed by atoms with Gasteiger partial charge >= 0.3 is 0 Å². The molecule has 2 aliphatic rings. The van der Waals surface area contributed by atoms with Crippen LogP contribution >= 0.6 is 23.1 Å². The van der Waals surface area contributed by atoms with Crippen LogP contribution in [0.15, 0.2) is 34.7 Å². The van der Waals surface area contributed by atoms with Gasteiger partial charge in [-0.1, -0.05) is 53.4 Å². The molecule has 7 heteroatoms. The van der Waals surface area contributed by atoms with Crippen molar-refractivity contribution in [3.8, 4) is 0 Å². The normalized spacial score (nSPS) is 17.7. The summed E-state index contributed by atoms with van der Waals surface area (Å²) < 4.78 is 0.861. The predicted molar refractivity (Wildman–Crippen MR) is 106 cm³/mol. The van der Waals surface area contributed by atoms with E-state index in [-0.39, 0.29) is 5.91 Å². The topological polar surface area (TPSA) is 58.1 Å². The quantitative estimate of drug-likeness (QED) is 0.657. The summed E-state index contributed by atoms with van der Waals surface area (Å²) in [5.41, 5.74) is 1.19. The molecule has 4 rings (SSSR count). The summed E-state index contributed by atoms with van der Waals surface area (Å²) in [6, 6.07) is 11.1. The first-order valence-electron chi connectivity index (χ1n) is 9.25. The number of carbonyl (C=O) groups excluding carboxylic acids is 1. The summed E-state index contributed by atoms with van der Waals surface area (Å²) in [5, 5.41) is 12.6. The van der Waals surface area contributed by atoms with Gasteiger partial charge in [0, 0.05) is 18.6 Å². The maximum atomic E-state index is 12.9. The number of hydrogen-bond donors (Lipinski definition) is 1. The lowest BCUT2D eigenvalue weighted by Crippen LogP contribution is -2.40. The van der Waals surface area contributed by atoms with Gasteiger partial charge in [0.1, 0.15) is 0 Å². The lowest BCUT2D eigenvalue weighted by atomic mass is 10.1. The molecule has 1 heterocycles. The van der Waals surface area contributed by atoms with Crippen LogP contribution in [0, 0.1) is 5.92 Å². The number of rotatable bonds is 9. The molecule has 0 radical (unpaired) electrons. The number of nitrogens with zero attached hydrogens (tertiary/aromatic N) is 3. The molecule has 0 saturated heterocycles. The first-order chi connectivity index (χ1) is 12.7. The molecule has 2 aromatic rings. The minimum atomic E-state index is 0.185. The largest absolute Gasteiger partial charge is 0.357 e. The van der Waals surface area contributed by atoms with Gasteiger partial charge in [0.05, 0.1) is 5.75 Å². The van der Waals surface area contributed by atoms with E-state index in [4.69, 9.17) is 0 Å². The summed E-state index contributed by atoms with van der Waals surface area (Å²) in [4.78, 5) is 15.0. The van der Waals surface area contributed by atoms with E-state index < -0.39 is 0 Å². The summed E-state index contributed by atoms with van der Waals surface area (Å²) in [7, 11) is 0. The van der Waals surface area contributed by atoms with Gasteiger partial charge in [0.15, 0.2) is 4.34 Å². The lowest BCUT2D eigenvalue weighted by molar-refractivity contribution is -0.131. The van der Waals surface area contributed by atoms with Crippen molar-refractivity contribution in [1.29, 1.82) is 0 Å². The number of amides is 1. The van der Waals surface area contributed by atoms with Crippen molar-refractivity contribution in [3.63, 3.8) is 0 Å². The summed E-state index contributed by atoms with van der Waals surface area (Å²) in [5.74, 6) is 1.26. The van der Waals surface area contributed by atoms with Crippen molar-refractivity contribution >= 4 is 34.1 Å². The molecule has 0 bridgehead atoms. The maximum absolute atomic E-state index is 12.9. The van der Waals surface area contributed by atoms with Crippen LogP contribution in [0.2, 0.25) is 0 Å². The van der Waals surface area contributed by atoms with Crippen LogP contribution in [0.1, 0.15) is 38.2 Å². The fourth-order valence-corrected chi connectivity index (χ4v) is 4.72. The Morgan fingerprint density at radius 3 is 2.73 bits per heavy atom. The number of thioether (sulfide) groups is 1. The van der Waals surface area contributed by atoms with Crippen molar-refractivity contribution in [2.24, 2.45) is 5.92 Å². The molecule has 2 fully saturated rings. The number of hydrogen-bond acceptors (Lipinski definition) is 6. The Labute approximate surface area is 162 Å². The van der Waals surface area contributed by atoms with Crippen LogP contribution in [-0.2, 0) is 11.3 Å². The second kappa shape index (κ2) is 7.96. The van der Waals surface area contributed by atoms with E-state index in [1.54, 1.807) is 11.3 Å². The van der Waals surface area contributed by atoms with Crippen LogP contribution in [0.25, 0.3) is 0 Å². The molecule has 2 saturated carbocycles.